The van der Waals surface area contributed by atoms with Crippen LogP contribution >= 0.6 is 0 Å². The van der Waals surface area contributed by atoms with Crippen molar-refractivity contribution in [3.8, 4) is 0 Å². The zero-order valence-electron chi connectivity index (χ0n) is 12.0. The van der Waals surface area contributed by atoms with Crippen LogP contribution in [0.2, 0.25) is 0 Å². The Kier molecular flexibility index (Phi) is 5.51. The Labute approximate surface area is 114 Å². The van der Waals surface area contributed by atoms with E-state index < -0.39 is 0 Å². The predicted molar refractivity (Wildman–Crippen MR) is 75.1 cm³/mol. The van der Waals surface area contributed by atoms with E-state index in [1.807, 2.05) is 38.2 Å². The third kappa shape index (κ3) is 5.52. The molecule has 1 aromatic rings. The molecule has 0 aromatic heterocycles. The molecule has 1 atom stereocenters. The van der Waals surface area contributed by atoms with Gasteiger partial charge in [0.25, 0.3) is 11.8 Å². The summed E-state index contributed by atoms with van der Waals surface area (Å²) in [5.74, 6) is -0.0736. The Bertz CT molecular complexity index is 458. The van der Waals surface area contributed by atoms with Crippen molar-refractivity contribution in [3.05, 3.63) is 29.8 Å². The molecular weight excluding hydrogens is 242 g/mol. The molecule has 0 spiro atoms. The normalized spacial score (nSPS) is 11.8. The van der Waals surface area contributed by atoms with Crippen molar-refractivity contribution in [2.45, 2.75) is 6.92 Å². The maximum Gasteiger partial charge on any atom is 0.279 e. The van der Waals surface area contributed by atoms with Gasteiger partial charge in [0, 0.05) is 19.8 Å². The number of rotatable bonds is 5. The zero-order valence-corrected chi connectivity index (χ0v) is 12.0. The number of anilines is 1. The lowest BCUT2D eigenvalue weighted by atomic mass is 10.2. The lowest BCUT2D eigenvalue weighted by Crippen LogP contribution is -3.11. The van der Waals surface area contributed by atoms with Crippen LogP contribution in [0.5, 0.6) is 0 Å². The van der Waals surface area contributed by atoms with E-state index in [2.05, 4.69) is 5.32 Å². The molecular formula is C14H22N3O2+. The van der Waals surface area contributed by atoms with Crippen molar-refractivity contribution < 1.29 is 14.5 Å². The van der Waals surface area contributed by atoms with Crippen LogP contribution in [0.3, 0.4) is 0 Å². The summed E-state index contributed by atoms with van der Waals surface area (Å²) in [7, 11) is 5.25. The predicted octanol–water partition coefficient (Wildman–Crippen LogP) is -0.464. The first-order valence-electron chi connectivity index (χ1n) is 6.26. The van der Waals surface area contributed by atoms with Gasteiger partial charge in [0.15, 0.2) is 13.1 Å². The van der Waals surface area contributed by atoms with E-state index >= 15 is 0 Å². The Morgan fingerprint density at radius 1 is 1.26 bits per heavy atom. The van der Waals surface area contributed by atoms with Crippen molar-refractivity contribution in [2.24, 2.45) is 0 Å². The van der Waals surface area contributed by atoms with Gasteiger partial charge in [0.1, 0.15) is 0 Å². The SMILES string of the molecule is Cc1cccc(NC(=O)C[NH+](C)CC(=O)N(C)C)c1. The van der Waals surface area contributed by atoms with Crippen molar-refractivity contribution in [3.63, 3.8) is 0 Å². The van der Waals surface area contributed by atoms with Crippen molar-refractivity contribution in [1.29, 1.82) is 0 Å². The first-order valence-corrected chi connectivity index (χ1v) is 6.26. The van der Waals surface area contributed by atoms with E-state index in [1.165, 1.54) is 4.90 Å². The van der Waals surface area contributed by atoms with Crippen LogP contribution in [0.15, 0.2) is 24.3 Å². The van der Waals surface area contributed by atoms with Gasteiger partial charge in [-0.1, -0.05) is 12.1 Å². The van der Waals surface area contributed by atoms with Gasteiger partial charge in [-0.2, -0.15) is 0 Å². The molecule has 0 saturated heterocycles. The maximum atomic E-state index is 11.8. The number of likely N-dealkylation sites (N-methyl/N-ethyl adjacent to an activating group) is 2. The van der Waals surface area contributed by atoms with Gasteiger partial charge in [-0.25, -0.2) is 0 Å². The molecule has 0 saturated carbocycles. The fraction of sp³-hybridized carbons (Fsp3) is 0.429. The molecule has 0 aliphatic carbocycles. The fourth-order valence-electron chi connectivity index (χ4n) is 1.68. The molecule has 2 N–H and O–H groups in total. The fourth-order valence-corrected chi connectivity index (χ4v) is 1.68. The summed E-state index contributed by atoms with van der Waals surface area (Å²) < 4.78 is 0. The summed E-state index contributed by atoms with van der Waals surface area (Å²) in [5.41, 5.74) is 1.89. The van der Waals surface area contributed by atoms with Crippen LogP contribution in [0.4, 0.5) is 5.69 Å². The minimum Gasteiger partial charge on any atom is -0.344 e. The van der Waals surface area contributed by atoms with Gasteiger partial charge in [-0.05, 0) is 24.6 Å². The van der Waals surface area contributed by atoms with E-state index in [9.17, 15) is 9.59 Å². The van der Waals surface area contributed by atoms with Crippen molar-refractivity contribution in [2.75, 3.05) is 39.5 Å². The Balaban J connectivity index is 2.45. The van der Waals surface area contributed by atoms with E-state index in [0.29, 0.717) is 6.54 Å². The second-order valence-electron chi connectivity index (χ2n) is 5.02. The topological polar surface area (TPSA) is 53.9 Å². The highest BCUT2D eigenvalue weighted by Crippen LogP contribution is 2.08. The Morgan fingerprint density at radius 3 is 2.53 bits per heavy atom. The van der Waals surface area contributed by atoms with Crippen LogP contribution in [-0.2, 0) is 9.59 Å². The number of nitrogens with one attached hydrogen (secondary N) is 2. The Hall–Kier alpha value is -1.88. The average Bonchev–Trinajstić information content (AvgIpc) is 2.27. The molecule has 104 valence electrons. The number of aryl methyl sites for hydroxylation is 1. The van der Waals surface area contributed by atoms with Crippen LogP contribution in [0, 0.1) is 6.92 Å². The molecule has 0 aliphatic rings. The molecule has 19 heavy (non-hydrogen) atoms. The minimum absolute atomic E-state index is 0.0147. The number of quaternary nitrogens is 1. The summed E-state index contributed by atoms with van der Waals surface area (Å²) >= 11 is 0. The summed E-state index contributed by atoms with van der Waals surface area (Å²) in [4.78, 5) is 25.7. The van der Waals surface area contributed by atoms with E-state index in [4.69, 9.17) is 0 Å². The summed E-state index contributed by atoms with van der Waals surface area (Å²) in [6, 6.07) is 7.64. The zero-order chi connectivity index (χ0) is 14.4. The van der Waals surface area contributed by atoms with E-state index in [-0.39, 0.29) is 18.4 Å². The second-order valence-corrected chi connectivity index (χ2v) is 5.02. The number of carbonyl (C=O) groups is 2. The van der Waals surface area contributed by atoms with E-state index in [0.717, 1.165) is 16.2 Å². The third-order valence-corrected chi connectivity index (χ3v) is 2.72. The van der Waals surface area contributed by atoms with Crippen LogP contribution < -0.4 is 10.2 Å². The highest BCUT2D eigenvalue weighted by molar-refractivity contribution is 5.91. The molecule has 5 nitrogen and oxygen atoms in total. The molecule has 0 radical (unpaired) electrons. The van der Waals surface area contributed by atoms with Crippen LogP contribution in [0.25, 0.3) is 0 Å². The largest absolute Gasteiger partial charge is 0.344 e. The summed E-state index contributed by atoms with van der Waals surface area (Å²) in [6.45, 7) is 2.56. The van der Waals surface area contributed by atoms with Gasteiger partial charge in [0.05, 0.1) is 7.05 Å². The highest BCUT2D eigenvalue weighted by atomic mass is 16.2. The molecule has 1 unspecified atom stereocenters. The first-order chi connectivity index (χ1) is 8.88. The highest BCUT2D eigenvalue weighted by Gasteiger charge is 2.15. The van der Waals surface area contributed by atoms with Crippen LogP contribution in [-0.4, -0.2) is 50.9 Å². The number of benzene rings is 1. The number of nitrogens with zero attached hydrogens (tertiary/aromatic N) is 1. The number of hydrogen-bond donors (Lipinski definition) is 2. The molecule has 0 bridgehead atoms. The molecule has 1 aromatic carbocycles. The molecule has 1 rings (SSSR count). The summed E-state index contributed by atoms with van der Waals surface area (Å²) in [5, 5.41) is 2.83. The van der Waals surface area contributed by atoms with E-state index in [1.54, 1.807) is 14.1 Å². The number of carbonyl (C=O) groups excluding carboxylic acids is 2. The number of amides is 2. The first kappa shape index (κ1) is 15.2. The third-order valence-electron chi connectivity index (χ3n) is 2.72. The van der Waals surface area contributed by atoms with Gasteiger partial charge < -0.3 is 15.1 Å². The lowest BCUT2D eigenvalue weighted by Gasteiger charge is -2.16. The number of hydrogen-bond acceptors (Lipinski definition) is 2. The van der Waals surface area contributed by atoms with Gasteiger partial charge in [-0.3, -0.25) is 9.59 Å². The maximum absolute atomic E-state index is 11.8. The quantitative estimate of drug-likeness (QED) is 0.756. The van der Waals surface area contributed by atoms with Crippen molar-refractivity contribution >= 4 is 17.5 Å². The summed E-state index contributed by atoms with van der Waals surface area (Å²) in [6.07, 6.45) is 0. The van der Waals surface area contributed by atoms with Gasteiger partial charge >= 0.3 is 0 Å². The molecule has 2 amide bonds. The molecule has 0 fully saturated rings. The average molecular weight is 264 g/mol. The second kappa shape index (κ2) is 6.89. The van der Waals surface area contributed by atoms with Gasteiger partial charge in [-0.15, -0.1) is 0 Å². The lowest BCUT2D eigenvalue weighted by molar-refractivity contribution is -0.862. The standard InChI is InChI=1S/C14H21N3O2/c1-11-6-5-7-12(8-11)15-13(18)9-17(4)10-14(19)16(2)3/h5-8H,9-10H2,1-4H3,(H,15,18)/p+1. The van der Waals surface area contributed by atoms with Crippen molar-refractivity contribution in [1.82, 2.24) is 4.90 Å². The Morgan fingerprint density at radius 2 is 1.95 bits per heavy atom. The molecule has 0 aliphatic heterocycles. The smallest absolute Gasteiger partial charge is 0.279 e. The molecule has 0 heterocycles. The monoisotopic (exact) mass is 264 g/mol. The minimum atomic E-state index is -0.0883. The van der Waals surface area contributed by atoms with Crippen LogP contribution in [0.1, 0.15) is 5.56 Å². The van der Waals surface area contributed by atoms with Gasteiger partial charge in [0.2, 0.25) is 0 Å². The molecule has 5 heteroatoms.